The van der Waals surface area contributed by atoms with Crippen molar-refractivity contribution in [3.05, 3.63) is 34.4 Å². The molecule has 2 nitrogen and oxygen atoms in total. The van der Waals surface area contributed by atoms with Crippen molar-refractivity contribution in [2.75, 3.05) is 19.8 Å². The average Bonchev–Trinajstić information content (AvgIpc) is 2.28. The van der Waals surface area contributed by atoms with Gasteiger partial charge in [0.2, 0.25) is 0 Å². The smallest absolute Gasteiger partial charge is 0.133 e. The molecule has 1 atom stereocenters. The van der Waals surface area contributed by atoms with Gasteiger partial charge in [0, 0.05) is 12.1 Å². The maximum atomic E-state index is 13.9. The van der Waals surface area contributed by atoms with Gasteiger partial charge in [0.1, 0.15) is 11.6 Å². The normalized spacial score (nSPS) is 21.1. The highest BCUT2D eigenvalue weighted by molar-refractivity contribution is 5.34. The van der Waals surface area contributed by atoms with E-state index in [9.17, 15) is 8.78 Å². The van der Waals surface area contributed by atoms with Crippen LogP contribution < -0.4 is 5.32 Å². The molecule has 1 heterocycles. The van der Waals surface area contributed by atoms with E-state index in [0.717, 1.165) is 0 Å². The number of aryl methyl sites for hydroxylation is 2. The Balaban J connectivity index is 2.45. The molecule has 88 valence electrons. The Bertz CT molecular complexity index is 374. The van der Waals surface area contributed by atoms with Crippen LogP contribution in [0.2, 0.25) is 0 Å². The lowest BCUT2D eigenvalue weighted by atomic mass is 9.99. The number of ether oxygens (including phenoxy) is 1. The molecule has 0 amide bonds. The average molecular weight is 227 g/mol. The lowest BCUT2D eigenvalue weighted by Gasteiger charge is -2.25. The molecule has 1 unspecified atom stereocenters. The van der Waals surface area contributed by atoms with Crippen molar-refractivity contribution in [3.63, 3.8) is 0 Å². The molecule has 16 heavy (non-hydrogen) atoms. The van der Waals surface area contributed by atoms with Crippen LogP contribution in [0.15, 0.2) is 6.07 Å². The third kappa shape index (κ3) is 1.95. The van der Waals surface area contributed by atoms with Gasteiger partial charge in [-0.05, 0) is 25.0 Å². The van der Waals surface area contributed by atoms with Gasteiger partial charge < -0.3 is 10.1 Å². The molecule has 1 saturated heterocycles. The lowest BCUT2D eigenvalue weighted by molar-refractivity contribution is 0.0744. The number of hydrogen-bond acceptors (Lipinski definition) is 2. The van der Waals surface area contributed by atoms with Crippen molar-refractivity contribution >= 4 is 0 Å². The second kappa shape index (κ2) is 4.47. The summed E-state index contributed by atoms with van der Waals surface area (Å²) >= 11 is 0. The number of halogens is 2. The fourth-order valence-electron chi connectivity index (χ4n) is 2.03. The SMILES string of the molecule is Cc1cc(C)c(F)c(C2COCCN2)c1F. The summed E-state index contributed by atoms with van der Waals surface area (Å²) in [6.07, 6.45) is 0. The van der Waals surface area contributed by atoms with Crippen LogP contribution in [-0.2, 0) is 4.74 Å². The third-order valence-electron chi connectivity index (χ3n) is 2.87. The second-order valence-electron chi connectivity index (χ2n) is 4.13. The highest BCUT2D eigenvalue weighted by atomic mass is 19.1. The number of hydrogen-bond donors (Lipinski definition) is 1. The molecule has 1 aromatic rings. The summed E-state index contributed by atoms with van der Waals surface area (Å²) in [6.45, 7) is 4.82. The van der Waals surface area contributed by atoms with Gasteiger partial charge in [0.05, 0.1) is 19.3 Å². The number of morpholine rings is 1. The van der Waals surface area contributed by atoms with Crippen LogP contribution in [0.5, 0.6) is 0 Å². The molecule has 1 N–H and O–H groups in total. The van der Waals surface area contributed by atoms with Gasteiger partial charge in [-0.25, -0.2) is 8.78 Å². The van der Waals surface area contributed by atoms with Gasteiger partial charge in [-0.3, -0.25) is 0 Å². The molecule has 0 aliphatic carbocycles. The van der Waals surface area contributed by atoms with Gasteiger partial charge in [-0.2, -0.15) is 0 Å². The van der Waals surface area contributed by atoms with Crippen LogP contribution >= 0.6 is 0 Å². The zero-order valence-electron chi connectivity index (χ0n) is 9.44. The topological polar surface area (TPSA) is 21.3 Å². The van der Waals surface area contributed by atoms with Crippen molar-refractivity contribution in [1.29, 1.82) is 0 Å². The predicted octanol–water partition coefficient (Wildman–Crippen LogP) is 2.24. The van der Waals surface area contributed by atoms with Crippen LogP contribution in [-0.4, -0.2) is 19.8 Å². The minimum absolute atomic E-state index is 0.109. The van der Waals surface area contributed by atoms with E-state index < -0.39 is 11.6 Å². The first-order valence-corrected chi connectivity index (χ1v) is 5.37. The summed E-state index contributed by atoms with van der Waals surface area (Å²) in [5.74, 6) is -0.933. The van der Waals surface area contributed by atoms with E-state index in [1.807, 2.05) is 0 Å². The van der Waals surface area contributed by atoms with E-state index in [1.54, 1.807) is 13.8 Å². The van der Waals surface area contributed by atoms with E-state index >= 15 is 0 Å². The number of nitrogens with one attached hydrogen (secondary N) is 1. The molecule has 1 aliphatic rings. The molecule has 4 heteroatoms. The molecule has 0 bridgehead atoms. The van der Waals surface area contributed by atoms with E-state index in [2.05, 4.69) is 5.32 Å². The Labute approximate surface area is 93.6 Å². The van der Waals surface area contributed by atoms with E-state index in [4.69, 9.17) is 4.74 Å². The van der Waals surface area contributed by atoms with Crippen molar-refractivity contribution in [2.24, 2.45) is 0 Å². The number of rotatable bonds is 1. The summed E-state index contributed by atoms with van der Waals surface area (Å²) in [4.78, 5) is 0. The van der Waals surface area contributed by atoms with Crippen LogP contribution in [0.3, 0.4) is 0 Å². The van der Waals surface area contributed by atoms with Gasteiger partial charge >= 0.3 is 0 Å². The molecule has 0 saturated carbocycles. The zero-order valence-corrected chi connectivity index (χ0v) is 9.44. The van der Waals surface area contributed by atoms with Gasteiger partial charge in [-0.1, -0.05) is 6.07 Å². The zero-order chi connectivity index (χ0) is 11.7. The minimum atomic E-state index is -0.467. The maximum Gasteiger partial charge on any atom is 0.133 e. The largest absolute Gasteiger partial charge is 0.378 e. The number of benzene rings is 1. The first-order chi connectivity index (χ1) is 7.61. The van der Waals surface area contributed by atoms with Crippen molar-refractivity contribution in [2.45, 2.75) is 19.9 Å². The maximum absolute atomic E-state index is 13.9. The molecule has 2 rings (SSSR count). The fourth-order valence-corrected chi connectivity index (χ4v) is 2.03. The van der Waals surface area contributed by atoms with Gasteiger partial charge in [0.25, 0.3) is 0 Å². The fraction of sp³-hybridized carbons (Fsp3) is 0.500. The van der Waals surface area contributed by atoms with Crippen molar-refractivity contribution < 1.29 is 13.5 Å². The minimum Gasteiger partial charge on any atom is -0.378 e. The first kappa shape index (κ1) is 11.5. The van der Waals surface area contributed by atoms with Crippen molar-refractivity contribution in [1.82, 2.24) is 5.32 Å². The molecular formula is C12H15F2NO. The molecule has 0 aromatic heterocycles. The molecular weight excluding hydrogens is 212 g/mol. The highest BCUT2D eigenvalue weighted by Gasteiger charge is 2.24. The van der Waals surface area contributed by atoms with E-state index in [-0.39, 0.29) is 11.6 Å². The van der Waals surface area contributed by atoms with Crippen LogP contribution in [0.1, 0.15) is 22.7 Å². The molecule has 0 radical (unpaired) electrons. The monoisotopic (exact) mass is 227 g/mol. The van der Waals surface area contributed by atoms with Crippen LogP contribution in [0.4, 0.5) is 8.78 Å². The summed E-state index contributed by atoms with van der Waals surface area (Å²) in [5, 5.41) is 3.07. The Morgan fingerprint density at radius 2 is 1.88 bits per heavy atom. The molecule has 1 aromatic carbocycles. The lowest BCUT2D eigenvalue weighted by Crippen LogP contribution is -2.36. The van der Waals surface area contributed by atoms with Crippen molar-refractivity contribution in [3.8, 4) is 0 Å². The van der Waals surface area contributed by atoms with Gasteiger partial charge in [0.15, 0.2) is 0 Å². The molecule has 0 spiro atoms. The quantitative estimate of drug-likeness (QED) is 0.794. The van der Waals surface area contributed by atoms with Crippen LogP contribution in [0.25, 0.3) is 0 Å². The highest BCUT2D eigenvalue weighted by Crippen LogP contribution is 2.27. The summed E-state index contributed by atoms with van der Waals surface area (Å²) in [5.41, 5.74) is 1.06. The third-order valence-corrected chi connectivity index (χ3v) is 2.87. The summed E-state index contributed by atoms with van der Waals surface area (Å²) < 4.78 is 33.0. The summed E-state index contributed by atoms with van der Waals surface area (Å²) in [6, 6.07) is 1.14. The summed E-state index contributed by atoms with van der Waals surface area (Å²) in [7, 11) is 0. The van der Waals surface area contributed by atoms with Gasteiger partial charge in [-0.15, -0.1) is 0 Å². The second-order valence-corrected chi connectivity index (χ2v) is 4.13. The first-order valence-electron chi connectivity index (χ1n) is 5.37. The molecule has 1 aliphatic heterocycles. The predicted molar refractivity (Wildman–Crippen MR) is 57.4 cm³/mol. The van der Waals surface area contributed by atoms with E-state index in [1.165, 1.54) is 6.07 Å². The Kier molecular flexibility index (Phi) is 3.21. The van der Waals surface area contributed by atoms with Crippen LogP contribution in [0, 0.1) is 25.5 Å². The molecule has 1 fully saturated rings. The van der Waals surface area contributed by atoms with E-state index in [0.29, 0.717) is 30.9 Å². The Morgan fingerprint density at radius 3 is 2.38 bits per heavy atom. The Morgan fingerprint density at radius 1 is 1.25 bits per heavy atom. The standard InChI is InChI=1S/C12H15F2NO/c1-7-5-8(2)12(14)10(11(7)13)9-6-16-4-3-15-9/h5,9,15H,3-4,6H2,1-2H3. The Hall–Kier alpha value is -1.00.